The number of rotatable bonds is 5. The minimum absolute atomic E-state index is 0.0264. The number of hydrogen-bond acceptors (Lipinski definition) is 4. The highest BCUT2D eigenvalue weighted by Crippen LogP contribution is 2.20. The van der Waals surface area contributed by atoms with E-state index in [0.29, 0.717) is 5.92 Å². The molecule has 1 rings (SSSR count). The highest BCUT2D eigenvalue weighted by Gasteiger charge is 2.20. The fraction of sp³-hybridized carbons (Fsp3) is 0.600. The minimum atomic E-state index is -0.687. The van der Waals surface area contributed by atoms with Crippen molar-refractivity contribution in [2.75, 3.05) is 0 Å². The standard InChI is InChI=1S/C10H15ClN4O3/c1-6(2)7(3)12-9(16)5-14-4-8(11)10(13-14)15(17)18/h4,6-7H,5H2,1-3H3,(H,12,16). The number of nitro groups is 1. The lowest BCUT2D eigenvalue weighted by molar-refractivity contribution is -0.389. The van der Waals surface area contributed by atoms with E-state index in [1.807, 2.05) is 20.8 Å². The first kappa shape index (κ1) is 14.4. The first-order valence-corrected chi connectivity index (χ1v) is 5.85. The smallest absolute Gasteiger partial charge is 0.358 e. The van der Waals surface area contributed by atoms with Crippen LogP contribution in [0.2, 0.25) is 5.02 Å². The third-order valence-corrected chi connectivity index (χ3v) is 2.83. The van der Waals surface area contributed by atoms with Crippen LogP contribution in [0.5, 0.6) is 0 Å². The van der Waals surface area contributed by atoms with Crippen molar-refractivity contribution < 1.29 is 9.72 Å². The molecule has 0 aromatic carbocycles. The molecule has 1 aromatic heterocycles. The quantitative estimate of drug-likeness (QED) is 0.652. The zero-order valence-electron chi connectivity index (χ0n) is 10.4. The van der Waals surface area contributed by atoms with E-state index in [1.54, 1.807) is 0 Å². The van der Waals surface area contributed by atoms with Crippen LogP contribution in [0.1, 0.15) is 20.8 Å². The topological polar surface area (TPSA) is 90.1 Å². The van der Waals surface area contributed by atoms with Crippen LogP contribution in [-0.2, 0) is 11.3 Å². The summed E-state index contributed by atoms with van der Waals surface area (Å²) in [5, 5.41) is 16.9. The van der Waals surface area contributed by atoms with Gasteiger partial charge in [-0.15, -0.1) is 0 Å². The van der Waals surface area contributed by atoms with E-state index in [2.05, 4.69) is 10.4 Å². The fourth-order valence-corrected chi connectivity index (χ4v) is 1.42. The monoisotopic (exact) mass is 274 g/mol. The predicted molar refractivity (Wildman–Crippen MR) is 66.3 cm³/mol. The average Bonchev–Trinajstić information content (AvgIpc) is 2.58. The Morgan fingerprint density at radius 3 is 2.67 bits per heavy atom. The Morgan fingerprint density at radius 1 is 1.61 bits per heavy atom. The maximum absolute atomic E-state index is 11.6. The summed E-state index contributed by atoms with van der Waals surface area (Å²) in [6.07, 6.45) is 1.26. The van der Waals surface area contributed by atoms with Crippen LogP contribution in [0.3, 0.4) is 0 Å². The second-order valence-corrected chi connectivity index (χ2v) is 4.76. The van der Waals surface area contributed by atoms with Gasteiger partial charge in [0.2, 0.25) is 5.91 Å². The van der Waals surface area contributed by atoms with Crippen LogP contribution in [0.4, 0.5) is 5.82 Å². The minimum Gasteiger partial charge on any atom is -0.358 e. The molecule has 0 aliphatic carbocycles. The highest BCUT2D eigenvalue weighted by molar-refractivity contribution is 6.32. The molecule has 1 N–H and O–H groups in total. The van der Waals surface area contributed by atoms with Crippen molar-refractivity contribution in [2.24, 2.45) is 5.92 Å². The Kier molecular flexibility index (Phi) is 4.66. The lowest BCUT2D eigenvalue weighted by Gasteiger charge is -2.16. The Balaban J connectivity index is 2.65. The number of aromatic nitrogens is 2. The summed E-state index contributed by atoms with van der Waals surface area (Å²) in [7, 11) is 0. The van der Waals surface area contributed by atoms with Gasteiger partial charge in [-0.25, -0.2) is 0 Å². The molecule has 18 heavy (non-hydrogen) atoms. The van der Waals surface area contributed by atoms with Crippen LogP contribution < -0.4 is 5.32 Å². The van der Waals surface area contributed by atoms with Crippen LogP contribution >= 0.6 is 11.6 Å². The van der Waals surface area contributed by atoms with Crippen LogP contribution in [0, 0.1) is 16.0 Å². The first-order chi connectivity index (χ1) is 8.31. The van der Waals surface area contributed by atoms with Gasteiger partial charge in [-0.1, -0.05) is 25.4 Å². The summed E-state index contributed by atoms with van der Waals surface area (Å²) in [6, 6.07) is 0.0264. The van der Waals surface area contributed by atoms with Gasteiger partial charge in [0.25, 0.3) is 0 Å². The maximum Gasteiger partial charge on any atom is 0.408 e. The van der Waals surface area contributed by atoms with E-state index < -0.39 is 10.7 Å². The number of carbonyl (C=O) groups excluding carboxylic acids is 1. The molecule has 7 nitrogen and oxygen atoms in total. The van der Waals surface area contributed by atoms with Gasteiger partial charge < -0.3 is 15.4 Å². The number of halogens is 1. The highest BCUT2D eigenvalue weighted by atomic mass is 35.5. The van der Waals surface area contributed by atoms with E-state index in [0.717, 1.165) is 4.68 Å². The third-order valence-electron chi connectivity index (χ3n) is 2.57. The van der Waals surface area contributed by atoms with Gasteiger partial charge in [-0.3, -0.25) is 4.79 Å². The van der Waals surface area contributed by atoms with Gasteiger partial charge in [0.05, 0.1) is 11.3 Å². The molecule has 1 atom stereocenters. The Bertz CT molecular complexity index is 458. The van der Waals surface area contributed by atoms with Crippen molar-refractivity contribution in [3.05, 3.63) is 21.3 Å². The summed E-state index contributed by atoms with van der Waals surface area (Å²) in [5.74, 6) is -0.392. The van der Waals surface area contributed by atoms with Crippen molar-refractivity contribution >= 4 is 23.3 Å². The number of hydrogen-bond donors (Lipinski definition) is 1. The summed E-state index contributed by atoms with van der Waals surface area (Å²) in [4.78, 5) is 21.5. The largest absolute Gasteiger partial charge is 0.408 e. The van der Waals surface area contributed by atoms with E-state index in [4.69, 9.17) is 11.6 Å². The SMILES string of the molecule is CC(C)C(C)NC(=O)Cn1cc(Cl)c([N+](=O)[O-])n1. The van der Waals surface area contributed by atoms with Crippen molar-refractivity contribution in [3.63, 3.8) is 0 Å². The summed E-state index contributed by atoms with van der Waals surface area (Å²) in [5.41, 5.74) is 0. The van der Waals surface area contributed by atoms with E-state index in [9.17, 15) is 14.9 Å². The molecule has 1 unspecified atom stereocenters. The second kappa shape index (κ2) is 5.81. The molecule has 0 spiro atoms. The lowest BCUT2D eigenvalue weighted by Crippen LogP contribution is -2.38. The zero-order valence-corrected chi connectivity index (χ0v) is 11.1. The van der Waals surface area contributed by atoms with Gasteiger partial charge in [-0.05, 0) is 17.8 Å². The van der Waals surface area contributed by atoms with E-state index in [-0.39, 0.29) is 23.5 Å². The van der Waals surface area contributed by atoms with Gasteiger partial charge >= 0.3 is 5.82 Å². The molecular formula is C10H15ClN4O3. The van der Waals surface area contributed by atoms with Crippen molar-refractivity contribution in [1.82, 2.24) is 15.1 Å². The number of amides is 1. The molecule has 100 valence electrons. The van der Waals surface area contributed by atoms with Gasteiger partial charge in [0, 0.05) is 6.04 Å². The molecule has 0 saturated carbocycles. The zero-order chi connectivity index (χ0) is 13.9. The van der Waals surface area contributed by atoms with Crippen LogP contribution in [0.15, 0.2) is 6.20 Å². The summed E-state index contributed by atoms with van der Waals surface area (Å²) < 4.78 is 1.16. The van der Waals surface area contributed by atoms with Crippen molar-refractivity contribution in [1.29, 1.82) is 0 Å². The van der Waals surface area contributed by atoms with Gasteiger partial charge in [-0.2, -0.15) is 4.68 Å². The molecule has 1 amide bonds. The number of carbonyl (C=O) groups is 1. The Morgan fingerprint density at radius 2 is 2.22 bits per heavy atom. The van der Waals surface area contributed by atoms with Crippen molar-refractivity contribution in [3.8, 4) is 0 Å². The molecular weight excluding hydrogens is 260 g/mol. The number of nitrogens with one attached hydrogen (secondary N) is 1. The molecule has 1 aromatic rings. The molecule has 0 aliphatic rings. The van der Waals surface area contributed by atoms with Crippen LogP contribution in [-0.4, -0.2) is 26.7 Å². The average molecular weight is 275 g/mol. The van der Waals surface area contributed by atoms with Gasteiger partial charge in [0.15, 0.2) is 5.02 Å². The molecule has 8 heteroatoms. The van der Waals surface area contributed by atoms with Crippen molar-refractivity contribution in [2.45, 2.75) is 33.4 Å². The molecule has 0 saturated heterocycles. The molecule has 0 fully saturated rings. The maximum atomic E-state index is 11.6. The third kappa shape index (κ3) is 3.69. The van der Waals surface area contributed by atoms with E-state index >= 15 is 0 Å². The second-order valence-electron chi connectivity index (χ2n) is 4.36. The summed E-state index contributed by atoms with van der Waals surface area (Å²) >= 11 is 5.62. The number of nitrogens with zero attached hydrogens (tertiary/aromatic N) is 3. The molecule has 0 bridgehead atoms. The Labute approximate surface area is 109 Å². The fourth-order valence-electron chi connectivity index (χ4n) is 1.20. The molecule has 0 aliphatic heterocycles. The molecule has 1 heterocycles. The lowest BCUT2D eigenvalue weighted by atomic mass is 10.1. The van der Waals surface area contributed by atoms with Crippen LogP contribution in [0.25, 0.3) is 0 Å². The molecule has 0 radical (unpaired) electrons. The summed E-state index contributed by atoms with van der Waals surface area (Å²) in [6.45, 7) is 5.77. The van der Waals surface area contributed by atoms with Gasteiger partial charge in [0.1, 0.15) is 6.54 Å². The Hall–Kier alpha value is -1.63. The van der Waals surface area contributed by atoms with E-state index in [1.165, 1.54) is 6.20 Å². The normalized spacial score (nSPS) is 12.5. The predicted octanol–water partition coefficient (Wildman–Crippen LogP) is 1.61. The first-order valence-electron chi connectivity index (χ1n) is 5.48.